The van der Waals surface area contributed by atoms with E-state index in [4.69, 9.17) is 20.1 Å². The molecule has 0 aromatic carbocycles. The minimum atomic E-state index is -1.19. The molecule has 1 heterocycles. The van der Waals surface area contributed by atoms with E-state index in [0.717, 1.165) is 0 Å². The third-order valence-electron chi connectivity index (χ3n) is 1.69. The summed E-state index contributed by atoms with van der Waals surface area (Å²) in [5, 5.41) is 27.2. The van der Waals surface area contributed by atoms with E-state index in [2.05, 4.69) is 4.74 Å². The number of aliphatic hydroxyl groups excluding tert-OH is 3. The molecule has 1 saturated heterocycles. The summed E-state index contributed by atoms with van der Waals surface area (Å²) in [5.41, 5.74) is 0. The monoisotopic (exact) mass is 164 g/mol. The summed E-state index contributed by atoms with van der Waals surface area (Å²) >= 11 is 0. The highest BCUT2D eigenvalue weighted by atomic mass is 16.7. The fourth-order valence-corrected chi connectivity index (χ4v) is 0.987. The second kappa shape index (κ2) is 3.46. The molecule has 0 aromatic rings. The Kier molecular flexibility index (Phi) is 2.80. The largest absolute Gasteiger partial charge is 0.388 e. The maximum Gasteiger partial charge on any atom is 0.185 e. The van der Waals surface area contributed by atoms with Crippen molar-refractivity contribution in [1.29, 1.82) is 0 Å². The molecule has 66 valence electrons. The third-order valence-corrected chi connectivity index (χ3v) is 1.69. The molecule has 1 aliphatic rings. The van der Waals surface area contributed by atoms with E-state index >= 15 is 0 Å². The lowest BCUT2D eigenvalue weighted by Gasteiger charge is -2.33. The first-order chi connectivity index (χ1) is 5.16. The molecule has 0 aromatic heterocycles. The van der Waals surface area contributed by atoms with Gasteiger partial charge in [0.2, 0.25) is 0 Å². The van der Waals surface area contributed by atoms with Crippen LogP contribution in [0.4, 0.5) is 0 Å². The number of hydrogen-bond donors (Lipinski definition) is 3. The van der Waals surface area contributed by atoms with Gasteiger partial charge in [-0.3, -0.25) is 0 Å². The molecule has 1 rings (SSSR count). The molecule has 1 unspecified atom stereocenters. The Bertz CT molecular complexity index is 126. The van der Waals surface area contributed by atoms with Crippen molar-refractivity contribution in [3.8, 4) is 0 Å². The van der Waals surface area contributed by atoms with Crippen LogP contribution in [-0.4, -0.2) is 53.6 Å². The van der Waals surface area contributed by atoms with Gasteiger partial charge in [-0.15, -0.1) is 0 Å². The van der Waals surface area contributed by atoms with E-state index in [1.165, 1.54) is 7.11 Å². The van der Waals surface area contributed by atoms with Crippen LogP contribution in [0.2, 0.25) is 0 Å². The molecule has 5 heteroatoms. The molecule has 0 amide bonds. The van der Waals surface area contributed by atoms with Crippen LogP contribution < -0.4 is 0 Å². The van der Waals surface area contributed by atoms with Crippen LogP contribution in [0.5, 0.6) is 0 Å². The van der Waals surface area contributed by atoms with E-state index in [9.17, 15) is 0 Å². The van der Waals surface area contributed by atoms with Crippen molar-refractivity contribution < 1.29 is 24.8 Å². The van der Waals surface area contributed by atoms with Gasteiger partial charge in [-0.2, -0.15) is 0 Å². The van der Waals surface area contributed by atoms with Crippen molar-refractivity contribution in [2.75, 3.05) is 13.7 Å². The number of aliphatic hydroxyl groups is 3. The lowest BCUT2D eigenvalue weighted by molar-refractivity contribution is -0.261. The first-order valence-electron chi connectivity index (χ1n) is 3.35. The maximum absolute atomic E-state index is 9.15. The Labute approximate surface area is 64.2 Å². The van der Waals surface area contributed by atoms with Crippen LogP contribution in [-0.2, 0) is 9.47 Å². The summed E-state index contributed by atoms with van der Waals surface area (Å²) in [6, 6.07) is 0. The smallest absolute Gasteiger partial charge is 0.185 e. The van der Waals surface area contributed by atoms with Crippen molar-refractivity contribution in [2.24, 2.45) is 0 Å². The molecule has 0 radical (unpaired) electrons. The average Bonchev–Trinajstić information content (AvgIpc) is 2.01. The third kappa shape index (κ3) is 1.69. The van der Waals surface area contributed by atoms with Crippen molar-refractivity contribution in [3.05, 3.63) is 0 Å². The molecule has 11 heavy (non-hydrogen) atoms. The molecule has 1 fully saturated rings. The van der Waals surface area contributed by atoms with E-state index < -0.39 is 24.6 Å². The Morgan fingerprint density at radius 3 is 2.45 bits per heavy atom. The fraction of sp³-hybridized carbons (Fsp3) is 1.00. The minimum Gasteiger partial charge on any atom is -0.388 e. The molecule has 0 spiro atoms. The van der Waals surface area contributed by atoms with E-state index in [1.54, 1.807) is 0 Å². The molecule has 1 aliphatic heterocycles. The van der Waals surface area contributed by atoms with Crippen LogP contribution >= 0.6 is 0 Å². The molecule has 0 bridgehead atoms. The number of rotatable bonds is 1. The van der Waals surface area contributed by atoms with E-state index in [0.29, 0.717) is 0 Å². The quantitative estimate of drug-likeness (QED) is 0.420. The normalized spacial score (nSPS) is 45.8. The van der Waals surface area contributed by atoms with Crippen LogP contribution in [0.15, 0.2) is 0 Å². The standard InChI is InChI=1S/C6H12O5/c1-10-6-5(9)4(8)3(7)2-11-6/h3-9H,2H2,1H3/t3-,4-,5?,6+/m0/s1. The van der Waals surface area contributed by atoms with Crippen molar-refractivity contribution in [1.82, 2.24) is 0 Å². The SMILES string of the molecule is CO[C@@H]1OC[C@H](O)[C@H](O)C1O. The van der Waals surface area contributed by atoms with Crippen LogP contribution in [0.3, 0.4) is 0 Å². The highest BCUT2D eigenvalue weighted by Gasteiger charge is 2.37. The summed E-state index contributed by atoms with van der Waals surface area (Å²) in [6.45, 7) is -0.0171. The van der Waals surface area contributed by atoms with Gasteiger partial charge in [0.05, 0.1) is 6.61 Å². The van der Waals surface area contributed by atoms with Crippen LogP contribution in [0, 0.1) is 0 Å². The highest BCUT2D eigenvalue weighted by Crippen LogP contribution is 2.15. The Morgan fingerprint density at radius 1 is 1.27 bits per heavy atom. The molecule has 4 atom stereocenters. The van der Waals surface area contributed by atoms with Crippen LogP contribution in [0.1, 0.15) is 0 Å². The second-order valence-corrected chi connectivity index (χ2v) is 2.49. The first-order valence-corrected chi connectivity index (χ1v) is 3.35. The lowest BCUT2D eigenvalue weighted by atomic mass is 10.1. The van der Waals surface area contributed by atoms with Gasteiger partial charge in [-0.05, 0) is 0 Å². The van der Waals surface area contributed by atoms with Gasteiger partial charge < -0.3 is 24.8 Å². The first kappa shape index (κ1) is 8.89. The predicted molar refractivity (Wildman–Crippen MR) is 34.8 cm³/mol. The van der Waals surface area contributed by atoms with Gasteiger partial charge in [0.1, 0.15) is 18.3 Å². The van der Waals surface area contributed by atoms with Gasteiger partial charge in [0.25, 0.3) is 0 Å². The Morgan fingerprint density at radius 2 is 1.91 bits per heavy atom. The van der Waals surface area contributed by atoms with Gasteiger partial charge in [0.15, 0.2) is 6.29 Å². The fourth-order valence-electron chi connectivity index (χ4n) is 0.987. The topological polar surface area (TPSA) is 79.2 Å². The number of ether oxygens (including phenoxy) is 2. The molecular formula is C6H12O5. The summed E-state index contributed by atoms with van der Waals surface area (Å²) in [7, 11) is 1.36. The van der Waals surface area contributed by atoms with Crippen molar-refractivity contribution in [2.45, 2.75) is 24.6 Å². The van der Waals surface area contributed by atoms with E-state index in [1.807, 2.05) is 0 Å². The average molecular weight is 164 g/mol. The molecular weight excluding hydrogens is 152 g/mol. The van der Waals surface area contributed by atoms with Gasteiger partial charge in [-0.25, -0.2) is 0 Å². The zero-order valence-electron chi connectivity index (χ0n) is 6.17. The summed E-state index contributed by atoms with van der Waals surface area (Å²) < 4.78 is 9.52. The predicted octanol–water partition coefficient (Wildman–Crippen LogP) is -1.93. The number of hydrogen-bond acceptors (Lipinski definition) is 5. The summed E-state index contributed by atoms with van der Waals surface area (Å²) in [4.78, 5) is 0. The lowest BCUT2D eigenvalue weighted by Crippen LogP contribution is -2.53. The Hall–Kier alpha value is -0.200. The van der Waals surface area contributed by atoms with Crippen LogP contribution in [0.25, 0.3) is 0 Å². The van der Waals surface area contributed by atoms with Crippen molar-refractivity contribution >= 4 is 0 Å². The molecule has 5 nitrogen and oxygen atoms in total. The van der Waals surface area contributed by atoms with Crippen molar-refractivity contribution in [3.63, 3.8) is 0 Å². The molecule has 3 N–H and O–H groups in total. The molecule has 0 aliphatic carbocycles. The van der Waals surface area contributed by atoms with Gasteiger partial charge in [0, 0.05) is 7.11 Å². The maximum atomic E-state index is 9.15. The van der Waals surface area contributed by atoms with Gasteiger partial charge in [-0.1, -0.05) is 0 Å². The van der Waals surface area contributed by atoms with Gasteiger partial charge >= 0.3 is 0 Å². The minimum absolute atomic E-state index is 0.0171. The second-order valence-electron chi connectivity index (χ2n) is 2.49. The molecule has 0 saturated carbocycles. The Balaban J connectivity index is 2.52. The summed E-state index contributed by atoms with van der Waals surface area (Å²) in [6.07, 6.45) is -4.23. The summed E-state index contributed by atoms with van der Waals surface area (Å²) in [5.74, 6) is 0. The number of methoxy groups -OCH3 is 1. The zero-order chi connectivity index (χ0) is 8.43. The highest BCUT2D eigenvalue weighted by molar-refractivity contribution is 4.81. The zero-order valence-corrected chi connectivity index (χ0v) is 6.17. The van der Waals surface area contributed by atoms with E-state index in [-0.39, 0.29) is 6.61 Å².